The van der Waals surface area contributed by atoms with Crippen LogP contribution >= 0.6 is 0 Å². The third kappa shape index (κ3) is 3.73. The van der Waals surface area contributed by atoms with Crippen molar-refractivity contribution in [2.75, 3.05) is 0 Å². The number of aliphatic carboxylic acids is 1. The van der Waals surface area contributed by atoms with E-state index in [9.17, 15) is 4.79 Å². The summed E-state index contributed by atoms with van der Waals surface area (Å²) in [5, 5.41) is 18.4. The van der Waals surface area contributed by atoms with E-state index in [-0.39, 0.29) is 12.5 Å². The van der Waals surface area contributed by atoms with Gasteiger partial charge in [-0.2, -0.15) is 0 Å². The SMILES string of the molecule is N=C/C=C\NC(CC(=O)O)C1CC1. The molecule has 1 saturated carbocycles. The number of carboxylic acid groups (broad SMARTS) is 1. The molecule has 72 valence electrons. The maximum absolute atomic E-state index is 10.5. The summed E-state index contributed by atoms with van der Waals surface area (Å²) in [7, 11) is 0. The van der Waals surface area contributed by atoms with Gasteiger partial charge in [0.15, 0.2) is 0 Å². The Morgan fingerprint density at radius 1 is 1.69 bits per heavy atom. The van der Waals surface area contributed by atoms with Crippen molar-refractivity contribution in [3.63, 3.8) is 0 Å². The zero-order valence-corrected chi connectivity index (χ0v) is 7.36. The number of nitrogens with one attached hydrogen (secondary N) is 2. The standard InChI is InChI=1S/C9H14N2O2/c10-4-1-5-11-8(6-9(12)13)7-2-3-7/h1,4-5,7-8,10-11H,2-3,6H2,(H,12,13)/b5-1-,10-4?. The van der Waals surface area contributed by atoms with Crippen molar-refractivity contribution in [1.29, 1.82) is 5.41 Å². The highest BCUT2D eigenvalue weighted by atomic mass is 16.4. The second-order valence-corrected chi connectivity index (χ2v) is 3.23. The van der Waals surface area contributed by atoms with Crippen LogP contribution in [0.15, 0.2) is 12.3 Å². The fraction of sp³-hybridized carbons (Fsp3) is 0.556. The number of rotatable bonds is 6. The number of carbonyl (C=O) groups is 1. The highest BCUT2D eigenvalue weighted by Gasteiger charge is 2.31. The molecule has 1 atom stereocenters. The van der Waals surface area contributed by atoms with Gasteiger partial charge in [-0.05, 0) is 31.0 Å². The Labute approximate surface area is 77.2 Å². The first-order chi connectivity index (χ1) is 6.24. The van der Waals surface area contributed by atoms with Crippen LogP contribution < -0.4 is 5.32 Å². The van der Waals surface area contributed by atoms with Gasteiger partial charge in [0.1, 0.15) is 0 Å². The molecule has 1 unspecified atom stereocenters. The third-order valence-corrected chi connectivity index (χ3v) is 2.09. The molecule has 0 saturated heterocycles. The Balaban J connectivity index is 2.33. The predicted molar refractivity (Wildman–Crippen MR) is 49.8 cm³/mol. The normalized spacial score (nSPS) is 18.5. The first-order valence-corrected chi connectivity index (χ1v) is 4.37. The van der Waals surface area contributed by atoms with Gasteiger partial charge < -0.3 is 15.8 Å². The maximum atomic E-state index is 10.5. The molecule has 0 bridgehead atoms. The molecule has 0 aliphatic heterocycles. The number of allylic oxidation sites excluding steroid dienone is 1. The van der Waals surface area contributed by atoms with E-state index in [1.54, 1.807) is 12.3 Å². The van der Waals surface area contributed by atoms with Crippen molar-refractivity contribution in [1.82, 2.24) is 5.32 Å². The summed E-state index contributed by atoms with van der Waals surface area (Å²) in [4.78, 5) is 10.5. The molecule has 0 heterocycles. The lowest BCUT2D eigenvalue weighted by molar-refractivity contribution is -0.137. The van der Waals surface area contributed by atoms with Gasteiger partial charge in [-0.25, -0.2) is 0 Å². The van der Waals surface area contributed by atoms with Crippen molar-refractivity contribution in [2.24, 2.45) is 5.92 Å². The van der Waals surface area contributed by atoms with Crippen LogP contribution in [0.4, 0.5) is 0 Å². The van der Waals surface area contributed by atoms with Crippen LogP contribution in [-0.2, 0) is 4.79 Å². The van der Waals surface area contributed by atoms with Crippen molar-refractivity contribution >= 4 is 12.2 Å². The molecule has 0 radical (unpaired) electrons. The van der Waals surface area contributed by atoms with Crippen molar-refractivity contribution in [3.8, 4) is 0 Å². The zero-order valence-electron chi connectivity index (χ0n) is 7.36. The van der Waals surface area contributed by atoms with Crippen molar-refractivity contribution < 1.29 is 9.90 Å². The Morgan fingerprint density at radius 3 is 2.85 bits per heavy atom. The molecule has 0 aromatic heterocycles. The van der Waals surface area contributed by atoms with Gasteiger partial charge >= 0.3 is 5.97 Å². The first kappa shape index (κ1) is 9.77. The molecule has 3 N–H and O–H groups in total. The van der Waals surface area contributed by atoms with Crippen LogP contribution in [0.25, 0.3) is 0 Å². The van der Waals surface area contributed by atoms with Gasteiger partial charge in [0.05, 0.1) is 6.42 Å². The van der Waals surface area contributed by atoms with Gasteiger partial charge in [0.2, 0.25) is 0 Å². The molecule has 0 aromatic rings. The molecule has 0 spiro atoms. The predicted octanol–water partition coefficient (Wildman–Crippen LogP) is 0.993. The summed E-state index contributed by atoms with van der Waals surface area (Å²) in [6.07, 6.45) is 6.74. The lowest BCUT2D eigenvalue weighted by Crippen LogP contribution is -2.29. The first-order valence-electron chi connectivity index (χ1n) is 4.37. The molecular formula is C9H14N2O2. The second-order valence-electron chi connectivity index (χ2n) is 3.23. The fourth-order valence-corrected chi connectivity index (χ4v) is 1.28. The van der Waals surface area contributed by atoms with E-state index >= 15 is 0 Å². The zero-order chi connectivity index (χ0) is 9.68. The van der Waals surface area contributed by atoms with Crippen LogP contribution in [-0.4, -0.2) is 23.3 Å². The monoisotopic (exact) mass is 182 g/mol. The minimum atomic E-state index is -0.771. The summed E-state index contributed by atoms with van der Waals surface area (Å²) in [5.74, 6) is -0.265. The molecule has 0 amide bonds. The van der Waals surface area contributed by atoms with Crippen LogP contribution in [0.3, 0.4) is 0 Å². The Morgan fingerprint density at radius 2 is 2.38 bits per heavy atom. The van der Waals surface area contributed by atoms with Gasteiger partial charge in [-0.1, -0.05) is 0 Å². The summed E-state index contributed by atoms with van der Waals surface area (Å²) < 4.78 is 0. The largest absolute Gasteiger partial charge is 0.481 e. The van der Waals surface area contributed by atoms with Crippen molar-refractivity contribution in [2.45, 2.75) is 25.3 Å². The lowest BCUT2D eigenvalue weighted by atomic mass is 10.1. The topological polar surface area (TPSA) is 73.2 Å². The fourth-order valence-electron chi connectivity index (χ4n) is 1.28. The minimum absolute atomic E-state index is 0.0358. The van der Waals surface area contributed by atoms with E-state index < -0.39 is 5.97 Å². The smallest absolute Gasteiger partial charge is 0.305 e. The highest BCUT2D eigenvalue weighted by Crippen LogP contribution is 2.33. The summed E-state index contributed by atoms with van der Waals surface area (Å²) in [5.41, 5.74) is 0. The molecule has 13 heavy (non-hydrogen) atoms. The number of hydrogen-bond acceptors (Lipinski definition) is 3. The number of carboxylic acids is 1. The Kier molecular flexibility index (Phi) is 3.49. The molecule has 4 nitrogen and oxygen atoms in total. The average molecular weight is 182 g/mol. The molecule has 4 heteroatoms. The second kappa shape index (κ2) is 4.64. The number of hydrogen-bond donors (Lipinski definition) is 3. The van der Waals surface area contributed by atoms with Crippen molar-refractivity contribution in [3.05, 3.63) is 12.3 Å². The van der Waals surface area contributed by atoms with Gasteiger partial charge in [0, 0.05) is 12.3 Å². The highest BCUT2D eigenvalue weighted by molar-refractivity contribution is 5.68. The minimum Gasteiger partial charge on any atom is -0.481 e. The van der Waals surface area contributed by atoms with Crippen LogP contribution in [0.1, 0.15) is 19.3 Å². The molecular weight excluding hydrogens is 168 g/mol. The third-order valence-electron chi connectivity index (χ3n) is 2.09. The van der Waals surface area contributed by atoms with Crippen LogP contribution in [0.2, 0.25) is 0 Å². The summed E-state index contributed by atoms with van der Waals surface area (Å²) in [6, 6.07) is 0.0358. The van der Waals surface area contributed by atoms with Crippen LogP contribution in [0.5, 0.6) is 0 Å². The molecule has 1 aliphatic carbocycles. The molecule has 0 aromatic carbocycles. The quantitative estimate of drug-likeness (QED) is 0.536. The molecule has 1 aliphatic rings. The van der Waals surface area contributed by atoms with E-state index in [1.807, 2.05) is 0 Å². The van der Waals surface area contributed by atoms with Gasteiger partial charge in [-0.3, -0.25) is 4.79 Å². The maximum Gasteiger partial charge on any atom is 0.305 e. The molecule has 1 rings (SSSR count). The Bertz CT molecular complexity index is 222. The van der Waals surface area contributed by atoms with E-state index in [2.05, 4.69) is 5.32 Å². The molecule has 1 fully saturated rings. The van der Waals surface area contributed by atoms with E-state index in [4.69, 9.17) is 10.5 Å². The van der Waals surface area contributed by atoms with Crippen LogP contribution in [0, 0.1) is 11.3 Å². The Hall–Kier alpha value is -1.32. The van der Waals surface area contributed by atoms with Gasteiger partial charge in [-0.15, -0.1) is 0 Å². The summed E-state index contributed by atoms with van der Waals surface area (Å²) >= 11 is 0. The van der Waals surface area contributed by atoms with E-state index in [1.165, 1.54) is 0 Å². The average Bonchev–Trinajstić information content (AvgIpc) is 2.84. The van der Waals surface area contributed by atoms with E-state index in [0.29, 0.717) is 5.92 Å². The van der Waals surface area contributed by atoms with Gasteiger partial charge in [0.25, 0.3) is 0 Å². The van der Waals surface area contributed by atoms with E-state index in [0.717, 1.165) is 19.1 Å². The lowest BCUT2D eigenvalue weighted by Gasteiger charge is -2.13. The summed E-state index contributed by atoms with van der Waals surface area (Å²) in [6.45, 7) is 0.